The Morgan fingerprint density at radius 2 is 1.84 bits per heavy atom. The lowest BCUT2D eigenvalue weighted by Gasteiger charge is -2.57. The SMILES string of the molecule is O=C(CNC12CC3CC(CC(C3)C1)C2)c1cccs1. The van der Waals surface area contributed by atoms with Crippen LogP contribution in [0.15, 0.2) is 17.5 Å². The van der Waals surface area contributed by atoms with Gasteiger partial charge in [0, 0.05) is 5.54 Å². The first-order valence-electron chi connectivity index (χ1n) is 7.54. The van der Waals surface area contributed by atoms with Gasteiger partial charge in [-0.25, -0.2) is 0 Å². The summed E-state index contributed by atoms with van der Waals surface area (Å²) in [6, 6.07) is 3.90. The summed E-state index contributed by atoms with van der Waals surface area (Å²) in [5.74, 6) is 3.09. The maximum Gasteiger partial charge on any atom is 0.186 e. The number of Topliss-reactive ketones (excluding diaryl/α,β-unsaturated/α-hetero) is 1. The van der Waals surface area contributed by atoms with Crippen LogP contribution in [-0.4, -0.2) is 17.9 Å². The molecule has 1 aromatic rings. The highest BCUT2D eigenvalue weighted by molar-refractivity contribution is 7.12. The van der Waals surface area contributed by atoms with Gasteiger partial charge < -0.3 is 5.32 Å². The Bertz CT molecular complexity index is 444. The Kier molecular flexibility index (Phi) is 2.82. The van der Waals surface area contributed by atoms with E-state index in [1.807, 2.05) is 17.5 Å². The van der Waals surface area contributed by atoms with Crippen LogP contribution < -0.4 is 5.32 Å². The summed E-state index contributed by atoms with van der Waals surface area (Å²) in [5, 5.41) is 5.66. The molecule has 0 atom stereocenters. The van der Waals surface area contributed by atoms with E-state index in [1.165, 1.54) is 38.5 Å². The van der Waals surface area contributed by atoms with Crippen LogP contribution in [-0.2, 0) is 0 Å². The van der Waals surface area contributed by atoms with Crippen molar-refractivity contribution in [2.45, 2.75) is 44.1 Å². The third kappa shape index (κ3) is 2.17. The quantitative estimate of drug-likeness (QED) is 0.852. The van der Waals surface area contributed by atoms with Gasteiger partial charge in [0.15, 0.2) is 5.78 Å². The highest BCUT2D eigenvalue weighted by atomic mass is 32.1. The summed E-state index contributed by atoms with van der Waals surface area (Å²) in [6.45, 7) is 0.534. The first kappa shape index (κ1) is 12.1. The predicted molar refractivity (Wildman–Crippen MR) is 77.6 cm³/mol. The molecule has 0 amide bonds. The fourth-order valence-corrected chi connectivity index (χ4v) is 5.78. The van der Waals surface area contributed by atoms with Gasteiger partial charge in [-0.05, 0) is 67.7 Å². The predicted octanol–water partition coefficient (Wildman–Crippen LogP) is 3.49. The fraction of sp³-hybridized carbons (Fsp3) is 0.688. The average Bonchev–Trinajstić information content (AvgIpc) is 2.88. The molecule has 3 heteroatoms. The maximum atomic E-state index is 12.1. The van der Waals surface area contributed by atoms with Crippen LogP contribution in [0.25, 0.3) is 0 Å². The molecule has 4 saturated carbocycles. The summed E-state index contributed by atoms with van der Waals surface area (Å²) in [5.41, 5.74) is 0.307. The molecule has 0 unspecified atom stereocenters. The highest BCUT2D eigenvalue weighted by Crippen LogP contribution is 2.55. The van der Waals surface area contributed by atoms with Crippen LogP contribution in [0.3, 0.4) is 0 Å². The molecule has 102 valence electrons. The molecule has 0 saturated heterocycles. The second-order valence-corrected chi connectivity index (χ2v) is 7.90. The minimum absolute atomic E-state index is 0.269. The van der Waals surface area contributed by atoms with E-state index >= 15 is 0 Å². The number of ketones is 1. The number of nitrogens with one attached hydrogen (secondary N) is 1. The van der Waals surface area contributed by atoms with Crippen LogP contribution in [0.4, 0.5) is 0 Å². The van der Waals surface area contributed by atoms with E-state index in [9.17, 15) is 4.79 Å². The molecule has 0 aromatic carbocycles. The lowest BCUT2D eigenvalue weighted by molar-refractivity contribution is -0.0186. The van der Waals surface area contributed by atoms with Gasteiger partial charge >= 0.3 is 0 Å². The van der Waals surface area contributed by atoms with Gasteiger partial charge in [-0.15, -0.1) is 11.3 Å². The first-order chi connectivity index (χ1) is 9.22. The number of hydrogen-bond acceptors (Lipinski definition) is 3. The van der Waals surface area contributed by atoms with Crippen molar-refractivity contribution in [1.82, 2.24) is 5.32 Å². The Hall–Kier alpha value is -0.670. The minimum Gasteiger partial charge on any atom is -0.304 e. The van der Waals surface area contributed by atoms with Crippen molar-refractivity contribution in [3.63, 3.8) is 0 Å². The summed E-state index contributed by atoms with van der Waals surface area (Å²) in [7, 11) is 0. The zero-order chi connectivity index (χ0) is 12.9. The molecule has 4 fully saturated rings. The van der Waals surface area contributed by atoms with Gasteiger partial charge in [-0.1, -0.05) is 6.07 Å². The molecule has 0 radical (unpaired) electrons. The van der Waals surface area contributed by atoms with Gasteiger partial charge in [0.25, 0.3) is 0 Å². The molecule has 4 aliphatic rings. The molecular weight excluding hydrogens is 254 g/mol. The van der Waals surface area contributed by atoms with Crippen LogP contribution in [0.5, 0.6) is 0 Å². The van der Waals surface area contributed by atoms with Crippen molar-refractivity contribution in [2.75, 3.05) is 6.54 Å². The van der Waals surface area contributed by atoms with Crippen LogP contribution >= 0.6 is 11.3 Å². The number of carbonyl (C=O) groups is 1. The van der Waals surface area contributed by atoms with Crippen LogP contribution in [0.2, 0.25) is 0 Å². The van der Waals surface area contributed by atoms with Gasteiger partial charge in [0.05, 0.1) is 11.4 Å². The number of carbonyl (C=O) groups excluding carboxylic acids is 1. The highest BCUT2D eigenvalue weighted by Gasteiger charge is 2.50. The summed E-state index contributed by atoms with van der Waals surface area (Å²) < 4.78 is 0. The molecule has 5 rings (SSSR count). The monoisotopic (exact) mass is 275 g/mol. The van der Waals surface area contributed by atoms with Gasteiger partial charge in [0.1, 0.15) is 0 Å². The Labute approximate surface area is 118 Å². The second-order valence-electron chi connectivity index (χ2n) is 6.95. The number of hydrogen-bond donors (Lipinski definition) is 1. The van der Waals surface area contributed by atoms with E-state index in [0.29, 0.717) is 12.1 Å². The molecule has 19 heavy (non-hydrogen) atoms. The van der Waals surface area contributed by atoms with Gasteiger partial charge in [-0.2, -0.15) is 0 Å². The van der Waals surface area contributed by atoms with Gasteiger partial charge in [-0.3, -0.25) is 4.79 Å². The average molecular weight is 275 g/mol. The van der Waals surface area contributed by atoms with Crippen molar-refractivity contribution < 1.29 is 4.79 Å². The Morgan fingerprint density at radius 3 is 2.37 bits per heavy atom. The topological polar surface area (TPSA) is 29.1 Å². The lowest BCUT2D eigenvalue weighted by Crippen LogP contribution is -2.59. The summed E-state index contributed by atoms with van der Waals surface area (Å²) >= 11 is 1.56. The molecule has 1 N–H and O–H groups in total. The smallest absolute Gasteiger partial charge is 0.186 e. The van der Waals surface area contributed by atoms with Gasteiger partial charge in [0.2, 0.25) is 0 Å². The standard InChI is InChI=1S/C16H21NOS/c18-14(15-2-1-3-19-15)10-17-16-7-11-4-12(8-16)6-13(5-11)9-16/h1-3,11-13,17H,4-10H2. The molecule has 2 nitrogen and oxygen atoms in total. The maximum absolute atomic E-state index is 12.1. The van der Waals surface area contributed by atoms with E-state index in [4.69, 9.17) is 0 Å². The molecule has 1 aromatic heterocycles. The van der Waals surface area contributed by atoms with E-state index in [0.717, 1.165) is 22.6 Å². The summed E-state index contributed by atoms with van der Waals surface area (Å²) in [6.07, 6.45) is 8.32. The van der Waals surface area contributed by atoms with Crippen LogP contribution in [0, 0.1) is 17.8 Å². The number of thiophene rings is 1. The molecule has 4 aliphatic carbocycles. The van der Waals surface area contributed by atoms with E-state index < -0.39 is 0 Å². The van der Waals surface area contributed by atoms with Crippen LogP contribution in [0.1, 0.15) is 48.2 Å². The Morgan fingerprint density at radius 1 is 1.21 bits per heavy atom. The van der Waals surface area contributed by atoms with E-state index in [2.05, 4.69) is 5.32 Å². The fourth-order valence-electron chi connectivity index (χ4n) is 5.12. The van der Waals surface area contributed by atoms with Crippen molar-refractivity contribution in [1.29, 1.82) is 0 Å². The zero-order valence-electron chi connectivity index (χ0n) is 11.2. The third-order valence-electron chi connectivity index (χ3n) is 5.46. The first-order valence-corrected chi connectivity index (χ1v) is 8.42. The second kappa shape index (κ2) is 4.42. The molecular formula is C16H21NOS. The van der Waals surface area contributed by atoms with Crippen molar-refractivity contribution in [2.24, 2.45) is 17.8 Å². The van der Waals surface area contributed by atoms with Crippen molar-refractivity contribution in [3.05, 3.63) is 22.4 Å². The molecule has 4 bridgehead atoms. The largest absolute Gasteiger partial charge is 0.304 e. The molecule has 1 heterocycles. The third-order valence-corrected chi connectivity index (χ3v) is 6.37. The molecule has 0 aliphatic heterocycles. The lowest BCUT2D eigenvalue weighted by atomic mass is 9.53. The molecule has 0 spiro atoms. The van der Waals surface area contributed by atoms with E-state index in [1.54, 1.807) is 11.3 Å². The van der Waals surface area contributed by atoms with Crippen molar-refractivity contribution in [3.8, 4) is 0 Å². The zero-order valence-corrected chi connectivity index (χ0v) is 12.0. The number of rotatable bonds is 4. The summed E-state index contributed by atoms with van der Waals surface area (Å²) in [4.78, 5) is 13.0. The Balaban J connectivity index is 1.44. The van der Waals surface area contributed by atoms with E-state index in [-0.39, 0.29) is 5.78 Å². The normalized spacial score (nSPS) is 39.7. The minimum atomic E-state index is 0.269. The van der Waals surface area contributed by atoms with Crippen molar-refractivity contribution >= 4 is 17.1 Å².